The molecule has 13 nitrogen and oxygen atoms in total. The average molecular weight is 854 g/mol. The summed E-state index contributed by atoms with van der Waals surface area (Å²) >= 11 is 0. The van der Waals surface area contributed by atoms with Gasteiger partial charge < -0.3 is 40.3 Å². The Kier molecular flexibility index (Phi) is 38.1. The van der Waals surface area contributed by atoms with Gasteiger partial charge in [-0.25, -0.2) is 4.79 Å². The molecule has 0 unspecified atom stereocenters. The quantitative estimate of drug-likeness (QED) is 0.0150. The molecule has 0 aliphatic carbocycles. The van der Waals surface area contributed by atoms with E-state index in [1.807, 2.05) is 0 Å². The van der Waals surface area contributed by atoms with Crippen LogP contribution in [0.3, 0.4) is 0 Å². The lowest BCUT2D eigenvalue weighted by Crippen LogP contribution is -2.54. The summed E-state index contributed by atoms with van der Waals surface area (Å²) in [6.07, 6.45) is 27.6. The number of nitrogens with one attached hydrogen (secondary N) is 1. The molecule has 348 valence electrons. The van der Waals surface area contributed by atoms with E-state index in [1.54, 1.807) is 0 Å². The van der Waals surface area contributed by atoms with Crippen LogP contribution in [0.2, 0.25) is 0 Å². The largest absolute Gasteiger partial charge is 0.394 e. The molecular weight excluding hydrogens is 771 g/mol. The van der Waals surface area contributed by atoms with Gasteiger partial charge in [0.1, 0.15) is 24.4 Å². The van der Waals surface area contributed by atoms with Crippen LogP contribution in [0.4, 0.5) is 0 Å². The highest BCUT2D eigenvalue weighted by molar-refractivity contribution is 5.93. The third-order valence-corrected chi connectivity index (χ3v) is 10.5. The maximum Gasteiger partial charge on any atom is 0.336 e. The zero-order valence-electron chi connectivity index (χ0n) is 37.2. The molecule has 0 aliphatic rings. The van der Waals surface area contributed by atoms with E-state index in [9.17, 15) is 44.4 Å². The monoisotopic (exact) mass is 854 g/mol. The van der Waals surface area contributed by atoms with Gasteiger partial charge in [-0.05, 0) is 70.6 Å². The first-order chi connectivity index (χ1) is 29.0. The van der Waals surface area contributed by atoms with Crippen molar-refractivity contribution in [1.82, 2.24) is 5.32 Å². The number of aliphatic hydroxyl groups is 5. The van der Waals surface area contributed by atoms with E-state index in [-0.39, 0.29) is 12.8 Å². The van der Waals surface area contributed by atoms with E-state index in [1.165, 1.54) is 77.0 Å². The second-order valence-electron chi connectivity index (χ2n) is 16.1. The van der Waals surface area contributed by atoms with Gasteiger partial charge >= 0.3 is 23.9 Å². The van der Waals surface area contributed by atoms with E-state index in [4.69, 9.17) is 14.6 Å². The van der Waals surface area contributed by atoms with Crippen LogP contribution in [-0.2, 0) is 33.4 Å². The Morgan fingerprint density at radius 2 is 0.850 bits per heavy atom. The van der Waals surface area contributed by atoms with Crippen molar-refractivity contribution in [2.24, 2.45) is 0 Å². The van der Waals surface area contributed by atoms with Crippen LogP contribution >= 0.6 is 0 Å². The van der Waals surface area contributed by atoms with Gasteiger partial charge in [-0.3, -0.25) is 19.2 Å². The van der Waals surface area contributed by atoms with Gasteiger partial charge in [0.25, 0.3) is 5.91 Å². The van der Waals surface area contributed by atoms with Crippen molar-refractivity contribution in [3.05, 3.63) is 24.3 Å². The van der Waals surface area contributed by atoms with Crippen LogP contribution in [0.25, 0.3) is 0 Å². The summed E-state index contributed by atoms with van der Waals surface area (Å²) in [6, 6.07) is -1.68. The average Bonchev–Trinajstić information content (AvgIpc) is 3.23. The summed E-state index contributed by atoms with van der Waals surface area (Å²) in [4.78, 5) is 63.0. The summed E-state index contributed by atoms with van der Waals surface area (Å²) < 4.78 is 9.82. The fourth-order valence-corrected chi connectivity index (χ4v) is 6.59. The number of allylic oxidation sites excluding steroid dienone is 4. The Morgan fingerprint density at radius 3 is 1.27 bits per heavy atom. The molecule has 60 heavy (non-hydrogen) atoms. The van der Waals surface area contributed by atoms with Crippen LogP contribution in [0.15, 0.2) is 24.3 Å². The highest BCUT2D eigenvalue weighted by Gasteiger charge is 2.36. The Bertz CT molecular complexity index is 1180. The molecular formula is C47H83NO12. The number of hydrogen-bond donors (Lipinski definition) is 6. The molecule has 0 aromatic rings. The minimum absolute atomic E-state index is 0.0308. The highest BCUT2D eigenvalue weighted by atomic mass is 16.6. The van der Waals surface area contributed by atoms with Crippen molar-refractivity contribution >= 4 is 29.8 Å². The number of esters is 4. The predicted molar refractivity (Wildman–Crippen MR) is 233 cm³/mol. The molecule has 13 heteroatoms. The lowest BCUT2D eigenvalue weighted by Gasteiger charge is -2.26. The van der Waals surface area contributed by atoms with Gasteiger partial charge in [-0.1, -0.05) is 141 Å². The molecule has 0 bridgehead atoms. The first kappa shape index (κ1) is 57.0. The highest BCUT2D eigenvalue weighted by Crippen LogP contribution is 2.14. The fourth-order valence-electron chi connectivity index (χ4n) is 6.59. The Morgan fingerprint density at radius 1 is 0.483 bits per heavy atom. The maximum absolute atomic E-state index is 13.0. The molecule has 5 atom stereocenters. The smallest absolute Gasteiger partial charge is 0.336 e. The lowest BCUT2D eigenvalue weighted by molar-refractivity contribution is -0.164. The van der Waals surface area contributed by atoms with Gasteiger partial charge in [0.05, 0.1) is 6.61 Å². The number of carbonyl (C=O) groups excluding carboxylic acids is 5. The van der Waals surface area contributed by atoms with E-state index in [0.29, 0.717) is 12.8 Å². The summed E-state index contributed by atoms with van der Waals surface area (Å²) in [5, 5.41) is 51.0. The number of unbranched alkanes of at least 4 members (excludes halogenated alkanes) is 22. The summed E-state index contributed by atoms with van der Waals surface area (Å²) in [6.45, 7) is 3.46. The standard InChI is InChI=1S/C47H83NO12/c1-3-5-7-9-11-13-15-17-19-21-23-25-27-29-31-33-40(51)59-42(53)36-35-38(48-46(57)45(56)44(55)43(54)39(50)37-49)47(58)60-41(52)34-32-30-28-26-24-22-20-18-16-14-12-10-8-6-4-2/h17-20,38-39,43-45,49-50,54-56H,3-16,21-37H2,1-2H3,(H,48,57)/b19-17-,20-18-/t38-,39+,43+,44-,45+/m0/s1. The minimum atomic E-state index is -2.37. The third kappa shape index (κ3) is 32.8. The molecule has 0 saturated carbocycles. The Labute approximate surface area is 361 Å². The molecule has 0 heterocycles. The third-order valence-electron chi connectivity index (χ3n) is 10.5. The SMILES string of the molecule is CCCCCCCC/C=C\CCCCCCCC(=O)OC(=O)CC[C@H](NC(=O)[C@H](O)[C@@H](O)[C@H](O)[C@H](O)CO)C(=O)OC(=O)CCCCCCC/C=C\CCCCCCCC. The van der Waals surface area contributed by atoms with Crippen LogP contribution in [0.5, 0.6) is 0 Å². The van der Waals surface area contributed by atoms with Crippen molar-refractivity contribution < 1.29 is 59.0 Å². The van der Waals surface area contributed by atoms with E-state index < -0.39 is 79.7 Å². The number of hydrogen-bond acceptors (Lipinski definition) is 12. The summed E-state index contributed by atoms with van der Waals surface area (Å²) in [5.41, 5.74) is 0. The zero-order valence-corrected chi connectivity index (χ0v) is 37.2. The first-order valence-corrected chi connectivity index (χ1v) is 23.4. The number of rotatable bonds is 40. The Balaban J connectivity index is 4.70. The molecule has 0 radical (unpaired) electrons. The van der Waals surface area contributed by atoms with Crippen molar-refractivity contribution in [2.75, 3.05) is 6.61 Å². The van der Waals surface area contributed by atoms with Crippen LogP contribution < -0.4 is 5.32 Å². The van der Waals surface area contributed by atoms with Gasteiger partial charge in [0.15, 0.2) is 6.10 Å². The number of aliphatic hydroxyl groups excluding tert-OH is 5. The molecule has 0 saturated heterocycles. The Hall–Kier alpha value is -2.97. The predicted octanol–water partition coefficient (Wildman–Crippen LogP) is 7.90. The summed E-state index contributed by atoms with van der Waals surface area (Å²) in [7, 11) is 0. The van der Waals surface area contributed by atoms with Crippen molar-refractivity contribution in [3.63, 3.8) is 0 Å². The van der Waals surface area contributed by atoms with Gasteiger partial charge in [-0.2, -0.15) is 0 Å². The normalized spacial score (nSPS) is 14.2. The molecule has 0 spiro atoms. The van der Waals surface area contributed by atoms with Crippen LogP contribution in [-0.4, -0.2) is 92.4 Å². The van der Waals surface area contributed by atoms with Crippen molar-refractivity contribution in [2.45, 2.75) is 237 Å². The summed E-state index contributed by atoms with van der Waals surface area (Å²) in [5.74, 6) is -5.16. The molecule has 0 aliphatic heterocycles. The molecule has 0 rings (SSSR count). The zero-order chi connectivity index (χ0) is 44.6. The van der Waals surface area contributed by atoms with Crippen molar-refractivity contribution in [1.29, 1.82) is 0 Å². The van der Waals surface area contributed by atoms with Gasteiger partial charge in [-0.15, -0.1) is 0 Å². The van der Waals surface area contributed by atoms with Gasteiger partial charge in [0, 0.05) is 19.3 Å². The lowest BCUT2D eigenvalue weighted by atomic mass is 10.0. The topological polar surface area (TPSA) is 217 Å². The van der Waals surface area contributed by atoms with Gasteiger partial charge in [0.2, 0.25) is 0 Å². The maximum atomic E-state index is 13.0. The number of ether oxygens (including phenoxy) is 2. The van der Waals surface area contributed by atoms with E-state index in [2.05, 4.69) is 43.5 Å². The van der Waals surface area contributed by atoms with Crippen LogP contribution in [0.1, 0.15) is 206 Å². The number of amides is 1. The molecule has 0 fully saturated rings. The molecule has 0 aromatic heterocycles. The molecule has 0 aromatic carbocycles. The minimum Gasteiger partial charge on any atom is -0.394 e. The molecule has 1 amide bonds. The van der Waals surface area contributed by atoms with Crippen LogP contribution in [0, 0.1) is 0 Å². The molecule has 6 N–H and O–H groups in total. The second kappa shape index (κ2) is 40.1. The number of carbonyl (C=O) groups is 5. The second-order valence-corrected chi connectivity index (χ2v) is 16.1. The van der Waals surface area contributed by atoms with E-state index in [0.717, 1.165) is 77.0 Å². The fraction of sp³-hybridized carbons (Fsp3) is 0.809. The van der Waals surface area contributed by atoms with Crippen molar-refractivity contribution in [3.8, 4) is 0 Å². The first-order valence-electron chi connectivity index (χ1n) is 23.4. The van der Waals surface area contributed by atoms with E-state index >= 15 is 0 Å².